The maximum absolute atomic E-state index is 6.15. The van der Waals surface area contributed by atoms with Gasteiger partial charge in [0, 0.05) is 23.7 Å². The van der Waals surface area contributed by atoms with Gasteiger partial charge in [0.2, 0.25) is 0 Å². The Morgan fingerprint density at radius 3 is 2.56 bits per heavy atom. The first-order chi connectivity index (χ1) is 7.86. The van der Waals surface area contributed by atoms with Crippen molar-refractivity contribution in [3.8, 4) is 0 Å². The highest BCUT2D eigenvalue weighted by molar-refractivity contribution is 14.1. The zero-order chi connectivity index (χ0) is 11.2. The van der Waals surface area contributed by atoms with Crippen LogP contribution in [0.4, 0.5) is 0 Å². The predicted octanol–water partition coefficient (Wildman–Crippen LogP) is 3.57. The molecule has 94 valence electrons. The van der Waals surface area contributed by atoms with Crippen molar-refractivity contribution in [2.24, 2.45) is 5.92 Å². The van der Waals surface area contributed by atoms with Crippen molar-refractivity contribution < 1.29 is 9.47 Å². The molecule has 2 nitrogen and oxygen atoms in total. The van der Waals surface area contributed by atoms with E-state index in [1.165, 1.54) is 44.9 Å². The molecule has 2 unspecified atom stereocenters. The van der Waals surface area contributed by atoms with Gasteiger partial charge in [0.25, 0.3) is 0 Å². The van der Waals surface area contributed by atoms with Crippen LogP contribution in [0.25, 0.3) is 0 Å². The molecule has 1 saturated carbocycles. The van der Waals surface area contributed by atoms with E-state index < -0.39 is 0 Å². The fraction of sp³-hybridized carbons (Fsp3) is 1.00. The van der Waals surface area contributed by atoms with Crippen LogP contribution in [0.1, 0.15) is 44.9 Å². The van der Waals surface area contributed by atoms with E-state index in [1.54, 1.807) is 0 Å². The summed E-state index contributed by atoms with van der Waals surface area (Å²) in [5.41, 5.74) is 0. The summed E-state index contributed by atoms with van der Waals surface area (Å²) in [6.45, 7) is 2.84. The third-order valence-electron chi connectivity index (χ3n) is 3.76. The third-order valence-corrected chi connectivity index (χ3v) is 5.18. The highest BCUT2D eigenvalue weighted by Gasteiger charge is 2.23. The molecule has 0 N–H and O–H groups in total. The van der Waals surface area contributed by atoms with Gasteiger partial charge in [-0.3, -0.25) is 0 Å². The minimum Gasteiger partial charge on any atom is -0.381 e. The number of hydrogen-bond acceptors (Lipinski definition) is 2. The van der Waals surface area contributed by atoms with E-state index in [-0.39, 0.29) is 0 Å². The molecule has 0 aromatic carbocycles. The topological polar surface area (TPSA) is 18.5 Å². The summed E-state index contributed by atoms with van der Waals surface area (Å²) in [7, 11) is 0. The van der Waals surface area contributed by atoms with E-state index in [4.69, 9.17) is 9.47 Å². The molecule has 16 heavy (non-hydrogen) atoms. The summed E-state index contributed by atoms with van der Waals surface area (Å²) in [6, 6.07) is 0. The van der Waals surface area contributed by atoms with Crippen LogP contribution in [0, 0.1) is 5.92 Å². The number of ether oxygens (including phenoxy) is 2. The molecule has 2 rings (SSSR count). The molecule has 2 fully saturated rings. The molecule has 3 heteroatoms. The number of halogens is 1. The number of alkyl halides is 1. The highest BCUT2D eigenvalue weighted by atomic mass is 127. The van der Waals surface area contributed by atoms with Crippen LogP contribution in [-0.2, 0) is 9.47 Å². The molecule has 0 amide bonds. The lowest BCUT2D eigenvalue weighted by Gasteiger charge is -2.26. The minimum atomic E-state index is 0.519. The number of rotatable bonds is 3. The predicted molar refractivity (Wildman–Crippen MR) is 74.2 cm³/mol. The van der Waals surface area contributed by atoms with Crippen molar-refractivity contribution in [2.75, 3.05) is 19.8 Å². The Labute approximate surface area is 113 Å². The molecule has 1 saturated heterocycles. The lowest BCUT2D eigenvalue weighted by molar-refractivity contribution is -0.0119. The van der Waals surface area contributed by atoms with Gasteiger partial charge in [0.05, 0.1) is 6.10 Å². The Bertz CT molecular complexity index is 192. The second-order valence-corrected chi connectivity index (χ2v) is 6.68. The SMILES string of the molecule is IC1CCCCCC1OCC1CCOCC1. The van der Waals surface area contributed by atoms with Gasteiger partial charge in [-0.25, -0.2) is 0 Å². The Morgan fingerprint density at radius 1 is 1.00 bits per heavy atom. The normalized spacial score (nSPS) is 33.6. The van der Waals surface area contributed by atoms with Crippen molar-refractivity contribution in [3.63, 3.8) is 0 Å². The van der Waals surface area contributed by atoms with Crippen LogP contribution in [0.2, 0.25) is 0 Å². The van der Waals surface area contributed by atoms with Crippen LogP contribution in [0.5, 0.6) is 0 Å². The maximum atomic E-state index is 6.15. The summed E-state index contributed by atoms with van der Waals surface area (Å²) < 4.78 is 12.3. The molecule has 0 spiro atoms. The van der Waals surface area contributed by atoms with E-state index in [9.17, 15) is 0 Å². The fourth-order valence-electron chi connectivity index (χ4n) is 2.59. The Balaban J connectivity index is 1.70. The van der Waals surface area contributed by atoms with E-state index in [0.29, 0.717) is 6.10 Å². The Kier molecular flexibility index (Phi) is 5.86. The maximum Gasteiger partial charge on any atom is 0.0692 e. The smallest absolute Gasteiger partial charge is 0.0692 e. The summed E-state index contributed by atoms with van der Waals surface area (Å²) in [4.78, 5) is 0. The van der Waals surface area contributed by atoms with Crippen LogP contribution < -0.4 is 0 Å². The molecule has 2 aliphatic rings. The Morgan fingerprint density at radius 2 is 1.75 bits per heavy atom. The lowest BCUT2D eigenvalue weighted by Crippen LogP contribution is -2.28. The summed E-state index contributed by atoms with van der Waals surface area (Å²) in [5, 5.41) is 0. The fourth-order valence-corrected chi connectivity index (χ4v) is 3.60. The molecule has 0 bridgehead atoms. The van der Waals surface area contributed by atoms with Gasteiger partial charge in [0.1, 0.15) is 0 Å². The van der Waals surface area contributed by atoms with Crippen molar-refractivity contribution in [2.45, 2.75) is 55.0 Å². The van der Waals surface area contributed by atoms with Gasteiger partial charge in [-0.2, -0.15) is 0 Å². The number of hydrogen-bond donors (Lipinski definition) is 0. The summed E-state index contributed by atoms with van der Waals surface area (Å²) in [6.07, 6.45) is 9.68. The lowest BCUT2D eigenvalue weighted by atomic mass is 10.0. The Hall–Kier alpha value is 0.650. The first-order valence-electron chi connectivity index (χ1n) is 6.69. The second kappa shape index (κ2) is 7.17. The zero-order valence-corrected chi connectivity index (χ0v) is 12.2. The standard InChI is InChI=1S/C13H23IO2/c14-12-4-2-1-3-5-13(12)16-10-11-6-8-15-9-7-11/h11-13H,1-10H2. The van der Waals surface area contributed by atoms with Crippen LogP contribution in [-0.4, -0.2) is 29.8 Å². The van der Waals surface area contributed by atoms with Gasteiger partial charge in [-0.05, 0) is 31.6 Å². The molecule has 2 atom stereocenters. The molecule has 1 heterocycles. The van der Waals surface area contributed by atoms with E-state index in [1.807, 2.05) is 0 Å². The van der Waals surface area contributed by atoms with Gasteiger partial charge in [-0.15, -0.1) is 0 Å². The van der Waals surface area contributed by atoms with Gasteiger partial charge >= 0.3 is 0 Å². The molecule has 0 aromatic rings. The largest absolute Gasteiger partial charge is 0.381 e. The zero-order valence-electron chi connectivity index (χ0n) is 10.00. The second-order valence-electron chi connectivity index (χ2n) is 5.08. The third kappa shape index (κ3) is 4.15. The van der Waals surface area contributed by atoms with E-state index in [0.717, 1.165) is 29.7 Å². The highest BCUT2D eigenvalue weighted by Crippen LogP contribution is 2.27. The first kappa shape index (κ1) is 13.1. The summed E-state index contributed by atoms with van der Waals surface area (Å²) >= 11 is 2.59. The molecule has 0 aromatic heterocycles. The molecule has 1 aliphatic heterocycles. The van der Waals surface area contributed by atoms with Gasteiger partial charge < -0.3 is 9.47 Å². The minimum absolute atomic E-state index is 0.519. The molecular formula is C13H23IO2. The van der Waals surface area contributed by atoms with Crippen LogP contribution in [0.3, 0.4) is 0 Å². The molecular weight excluding hydrogens is 315 g/mol. The summed E-state index contributed by atoms with van der Waals surface area (Å²) in [5.74, 6) is 0.751. The average Bonchev–Trinajstić information content (AvgIpc) is 2.53. The van der Waals surface area contributed by atoms with Crippen molar-refractivity contribution in [3.05, 3.63) is 0 Å². The van der Waals surface area contributed by atoms with E-state index in [2.05, 4.69) is 22.6 Å². The van der Waals surface area contributed by atoms with Crippen molar-refractivity contribution in [1.29, 1.82) is 0 Å². The quantitative estimate of drug-likeness (QED) is 0.445. The van der Waals surface area contributed by atoms with E-state index >= 15 is 0 Å². The van der Waals surface area contributed by atoms with Gasteiger partial charge in [0.15, 0.2) is 0 Å². The molecule has 1 aliphatic carbocycles. The molecule has 0 radical (unpaired) electrons. The van der Waals surface area contributed by atoms with Crippen molar-refractivity contribution in [1.82, 2.24) is 0 Å². The van der Waals surface area contributed by atoms with Crippen LogP contribution in [0.15, 0.2) is 0 Å². The first-order valence-corrected chi connectivity index (χ1v) is 7.94. The average molecular weight is 338 g/mol. The monoisotopic (exact) mass is 338 g/mol. The van der Waals surface area contributed by atoms with Crippen LogP contribution >= 0.6 is 22.6 Å². The van der Waals surface area contributed by atoms with Gasteiger partial charge in [-0.1, -0.05) is 41.9 Å². The van der Waals surface area contributed by atoms with Crippen molar-refractivity contribution >= 4 is 22.6 Å².